The molecule has 2 aromatic heterocycles. The first kappa shape index (κ1) is 28.6. The van der Waals surface area contributed by atoms with E-state index in [4.69, 9.17) is 19.6 Å². The molecule has 7 rings (SSSR count). The Hall–Kier alpha value is -4.15. The maximum absolute atomic E-state index is 12.7. The number of fused-ring (bicyclic) bond motifs is 4. The van der Waals surface area contributed by atoms with Gasteiger partial charge in [-0.2, -0.15) is 0 Å². The van der Waals surface area contributed by atoms with E-state index in [0.717, 1.165) is 102 Å². The second-order valence-corrected chi connectivity index (χ2v) is 12.8. The summed E-state index contributed by atoms with van der Waals surface area (Å²) in [5.74, 6) is 2.78. The van der Waals surface area contributed by atoms with E-state index in [-0.39, 0.29) is 12.7 Å². The average Bonchev–Trinajstić information content (AvgIpc) is 3.43. The highest BCUT2D eigenvalue weighted by Gasteiger charge is 2.30. The van der Waals surface area contributed by atoms with Gasteiger partial charge in [-0.25, -0.2) is 20.3 Å². The second-order valence-electron chi connectivity index (χ2n) is 11.7. The number of hydrogen-bond acceptors (Lipinski definition) is 9. The molecule has 3 aliphatic heterocycles. The van der Waals surface area contributed by atoms with Crippen molar-refractivity contribution in [3.05, 3.63) is 82.2 Å². The Bertz CT molecular complexity index is 1660. The van der Waals surface area contributed by atoms with Crippen LogP contribution in [0, 0.1) is 6.92 Å². The fourth-order valence-electron chi connectivity index (χ4n) is 6.19. The molecule has 1 fully saturated rings. The molecule has 3 aliphatic rings. The van der Waals surface area contributed by atoms with Gasteiger partial charge in [-0.05, 0) is 56.0 Å². The lowest BCUT2D eigenvalue weighted by Crippen LogP contribution is -2.47. The second kappa shape index (κ2) is 12.8. The molecule has 9 nitrogen and oxygen atoms in total. The standard InChI is InChI=1S/C34H38N6O3S/c1-24-21-31(35-28-12-6-5-11-26(24)28)39-19-17-38(18-20-39)15-8-7-13-30-36-33-32(43-37-30)27-14-16-40(22-29(27)44-33)34(41)42-23-25-9-3-2-4-10-25/h2-6,9-12,21H,7-8,13-20,22-23H2,1H3,(H,36,37). The SMILES string of the molecule is Cc1cc(N2CCN(CCCCC3=Nc4sc5c(c4ON3)CCN(C(=O)OCc3ccccc3)C5)CC2)nc2ccccc12. The summed E-state index contributed by atoms with van der Waals surface area (Å²) in [7, 11) is 0. The number of hydroxylamine groups is 1. The van der Waals surface area contributed by atoms with Crippen molar-refractivity contribution >= 4 is 45.0 Å². The molecule has 4 aromatic rings. The van der Waals surface area contributed by atoms with Crippen LogP contribution in [-0.2, 0) is 24.3 Å². The number of amidine groups is 1. The van der Waals surface area contributed by atoms with Crippen LogP contribution in [0.5, 0.6) is 5.75 Å². The van der Waals surface area contributed by atoms with Crippen LogP contribution in [0.25, 0.3) is 10.9 Å². The van der Waals surface area contributed by atoms with Crippen molar-refractivity contribution in [2.75, 3.05) is 44.2 Å². The van der Waals surface area contributed by atoms with Crippen molar-refractivity contribution in [1.82, 2.24) is 20.3 Å². The number of anilines is 1. The minimum Gasteiger partial charge on any atom is -0.445 e. The topological polar surface area (TPSA) is 82.5 Å². The number of piperazine rings is 1. The number of amides is 1. The summed E-state index contributed by atoms with van der Waals surface area (Å²) in [6, 6.07) is 20.4. The van der Waals surface area contributed by atoms with Crippen LogP contribution < -0.4 is 15.2 Å². The molecule has 0 spiro atoms. The Morgan fingerprint density at radius 2 is 1.84 bits per heavy atom. The number of unbranched alkanes of at least 4 members (excludes halogenated alkanes) is 1. The Morgan fingerprint density at radius 3 is 2.70 bits per heavy atom. The van der Waals surface area contributed by atoms with Crippen molar-refractivity contribution in [2.24, 2.45) is 4.99 Å². The lowest BCUT2D eigenvalue weighted by atomic mass is 10.1. The first-order chi connectivity index (χ1) is 21.6. The van der Waals surface area contributed by atoms with Gasteiger partial charge in [0.25, 0.3) is 0 Å². The zero-order valence-corrected chi connectivity index (χ0v) is 25.9. The van der Waals surface area contributed by atoms with E-state index in [2.05, 4.69) is 52.5 Å². The number of para-hydroxylation sites is 1. The third kappa shape index (κ3) is 6.23. The molecule has 1 amide bonds. The van der Waals surface area contributed by atoms with Crippen molar-refractivity contribution in [3.63, 3.8) is 0 Å². The van der Waals surface area contributed by atoms with E-state index < -0.39 is 0 Å². The number of nitrogens with one attached hydrogen (secondary N) is 1. The quantitative estimate of drug-likeness (QED) is 0.237. The predicted octanol–water partition coefficient (Wildman–Crippen LogP) is 6.22. The summed E-state index contributed by atoms with van der Waals surface area (Å²) in [5, 5.41) is 2.13. The van der Waals surface area contributed by atoms with E-state index in [1.807, 2.05) is 30.3 Å². The molecule has 228 valence electrons. The number of aromatic nitrogens is 1. The van der Waals surface area contributed by atoms with Gasteiger partial charge < -0.3 is 19.4 Å². The summed E-state index contributed by atoms with van der Waals surface area (Å²) in [5.41, 5.74) is 7.58. The van der Waals surface area contributed by atoms with Crippen LogP contribution in [-0.4, -0.2) is 66.0 Å². The molecule has 0 bridgehead atoms. The van der Waals surface area contributed by atoms with Crippen LogP contribution in [0.2, 0.25) is 0 Å². The molecule has 1 saturated heterocycles. The average molecular weight is 611 g/mol. The number of aliphatic imine (C=N–C) groups is 1. The molecule has 10 heteroatoms. The number of nitrogens with zero attached hydrogens (tertiary/aromatic N) is 5. The highest BCUT2D eigenvalue weighted by atomic mass is 32.1. The monoisotopic (exact) mass is 610 g/mol. The number of benzene rings is 2. The highest BCUT2D eigenvalue weighted by Crippen LogP contribution is 2.46. The number of ether oxygens (including phenoxy) is 1. The number of hydrogen-bond donors (Lipinski definition) is 1. The van der Waals surface area contributed by atoms with Crippen LogP contribution in [0.4, 0.5) is 15.6 Å². The number of rotatable bonds is 8. The molecule has 0 unspecified atom stereocenters. The summed E-state index contributed by atoms with van der Waals surface area (Å²) < 4.78 is 5.56. The minimum atomic E-state index is -0.282. The van der Waals surface area contributed by atoms with Gasteiger partial charge in [0.1, 0.15) is 18.3 Å². The normalized spacial score (nSPS) is 16.5. The molecule has 1 N–H and O–H groups in total. The number of carbonyl (C=O) groups is 1. The number of thiophene rings is 1. The molecule has 2 aromatic carbocycles. The van der Waals surface area contributed by atoms with E-state index in [9.17, 15) is 4.79 Å². The first-order valence-electron chi connectivity index (χ1n) is 15.5. The van der Waals surface area contributed by atoms with Gasteiger partial charge in [-0.15, -0.1) is 11.3 Å². The van der Waals surface area contributed by atoms with Gasteiger partial charge in [0, 0.05) is 55.0 Å². The maximum atomic E-state index is 12.7. The lowest BCUT2D eigenvalue weighted by molar-refractivity contribution is 0.0920. The van der Waals surface area contributed by atoms with Crippen LogP contribution in [0.15, 0.2) is 65.7 Å². The van der Waals surface area contributed by atoms with Gasteiger partial charge >= 0.3 is 6.09 Å². The number of pyridine rings is 1. The van der Waals surface area contributed by atoms with E-state index in [1.54, 1.807) is 16.2 Å². The Morgan fingerprint density at radius 1 is 1.02 bits per heavy atom. The number of carbonyl (C=O) groups excluding carboxylic acids is 1. The van der Waals surface area contributed by atoms with Crippen LogP contribution in [0.3, 0.4) is 0 Å². The zero-order chi connectivity index (χ0) is 29.9. The summed E-state index contributed by atoms with van der Waals surface area (Å²) in [6.07, 6.45) is 3.46. The summed E-state index contributed by atoms with van der Waals surface area (Å²) in [4.78, 5) is 36.4. The van der Waals surface area contributed by atoms with Crippen LogP contribution >= 0.6 is 11.3 Å². The molecule has 44 heavy (non-hydrogen) atoms. The van der Waals surface area contributed by atoms with Crippen molar-refractivity contribution in [2.45, 2.75) is 45.8 Å². The van der Waals surface area contributed by atoms with Gasteiger partial charge in [0.05, 0.1) is 12.1 Å². The van der Waals surface area contributed by atoms with Gasteiger partial charge in [0.2, 0.25) is 0 Å². The Kier molecular flexibility index (Phi) is 8.35. The van der Waals surface area contributed by atoms with Gasteiger partial charge in [-0.3, -0.25) is 4.90 Å². The van der Waals surface area contributed by atoms with E-state index in [1.165, 1.54) is 10.9 Å². The van der Waals surface area contributed by atoms with Crippen molar-refractivity contribution < 1.29 is 14.4 Å². The summed E-state index contributed by atoms with van der Waals surface area (Å²) >= 11 is 1.62. The fraction of sp³-hybridized carbons (Fsp3) is 0.382. The summed E-state index contributed by atoms with van der Waals surface area (Å²) in [6.45, 7) is 8.78. The molecule has 5 heterocycles. The molecular weight excluding hydrogens is 572 g/mol. The fourth-order valence-corrected chi connectivity index (χ4v) is 7.37. The maximum Gasteiger partial charge on any atom is 0.410 e. The zero-order valence-electron chi connectivity index (χ0n) is 25.1. The third-order valence-electron chi connectivity index (χ3n) is 8.71. The Balaban J connectivity index is 0.863. The smallest absolute Gasteiger partial charge is 0.410 e. The molecular formula is C34H38N6O3S. The molecule has 0 saturated carbocycles. The first-order valence-corrected chi connectivity index (χ1v) is 16.4. The number of aryl methyl sites for hydroxylation is 1. The molecule has 0 atom stereocenters. The van der Waals surface area contributed by atoms with Crippen molar-refractivity contribution in [1.29, 1.82) is 0 Å². The third-order valence-corrected chi connectivity index (χ3v) is 9.80. The van der Waals surface area contributed by atoms with E-state index >= 15 is 0 Å². The Labute approximate surface area is 262 Å². The highest BCUT2D eigenvalue weighted by molar-refractivity contribution is 7.16. The van der Waals surface area contributed by atoms with Gasteiger partial charge in [0.15, 0.2) is 10.8 Å². The molecule has 0 aliphatic carbocycles. The molecule has 0 radical (unpaired) electrons. The predicted molar refractivity (Wildman–Crippen MR) is 175 cm³/mol. The van der Waals surface area contributed by atoms with Crippen LogP contribution in [0.1, 0.15) is 40.8 Å². The lowest BCUT2D eigenvalue weighted by Gasteiger charge is -2.35. The minimum absolute atomic E-state index is 0.281. The van der Waals surface area contributed by atoms with E-state index in [0.29, 0.717) is 13.1 Å². The largest absolute Gasteiger partial charge is 0.445 e. The van der Waals surface area contributed by atoms with Gasteiger partial charge in [-0.1, -0.05) is 48.5 Å². The van der Waals surface area contributed by atoms with Crippen molar-refractivity contribution in [3.8, 4) is 5.75 Å².